The second-order valence-electron chi connectivity index (χ2n) is 6.59. The average molecular weight is 280 g/mol. The Kier molecular flexibility index (Phi) is 6.10. The number of unbranched alkanes of at least 4 members (excludes halogenated alkanes) is 1. The number of aliphatic hydroxyl groups is 2. The van der Waals surface area contributed by atoms with Crippen molar-refractivity contribution in [2.75, 3.05) is 13.2 Å². The van der Waals surface area contributed by atoms with E-state index in [0.717, 1.165) is 48.3 Å². The van der Waals surface area contributed by atoms with E-state index in [1.54, 1.807) is 19.3 Å². The lowest BCUT2D eigenvalue weighted by Gasteiger charge is -2.31. The van der Waals surface area contributed by atoms with Crippen molar-refractivity contribution >= 4 is 0 Å². The fourth-order valence-corrected chi connectivity index (χ4v) is 5.20. The van der Waals surface area contributed by atoms with Gasteiger partial charge in [0.15, 0.2) is 0 Å². The van der Waals surface area contributed by atoms with E-state index in [9.17, 15) is 0 Å². The highest BCUT2D eigenvalue weighted by atomic mass is 16.3. The van der Waals surface area contributed by atoms with Gasteiger partial charge in [-0.1, -0.05) is 26.0 Å². The quantitative estimate of drug-likeness (QED) is 0.471. The maximum Gasteiger partial charge on any atom is 0.0431 e. The van der Waals surface area contributed by atoms with Crippen molar-refractivity contribution in [3.05, 3.63) is 12.2 Å². The van der Waals surface area contributed by atoms with Crippen molar-refractivity contribution in [1.82, 2.24) is 0 Å². The lowest BCUT2D eigenvalue weighted by Crippen LogP contribution is -2.25. The van der Waals surface area contributed by atoms with Crippen molar-refractivity contribution in [2.45, 2.75) is 52.4 Å². The van der Waals surface area contributed by atoms with E-state index >= 15 is 0 Å². The molecule has 0 aromatic carbocycles. The van der Waals surface area contributed by atoms with E-state index in [1.807, 2.05) is 13.8 Å². The summed E-state index contributed by atoms with van der Waals surface area (Å²) >= 11 is 0. The van der Waals surface area contributed by atoms with Gasteiger partial charge in [0.2, 0.25) is 0 Å². The number of hydrogen-bond acceptors (Lipinski definition) is 2. The number of allylic oxidation sites excluding steroid dienone is 2. The first-order valence-electron chi connectivity index (χ1n) is 8.75. The van der Waals surface area contributed by atoms with Crippen LogP contribution < -0.4 is 0 Å². The molecule has 2 N–H and O–H groups in total. The van der Waals surface area contributed by atoms with Gasteiger partial charge in [-0.2, -0.15) is 0 Å². The van der Waals surface area contributed by atoms with Crippen LogP contribution in [0.3, 0.4) is 0 Å². The van der Waals surface area contributed by atoms with E-state index in [0.29, 0.717) is 0 Å². The Morgan fingerprint density at radius 3 is 1.65 bits per heavy atom. The summed E-state index contributed by atoms with van der Waals surface area (Å²) in [6, 6.07) is 0. The van der Waals surface area contributed by atoms with Gasteiger partial charge in [-0.05, 0) is 74.0 Å². The van der Waals surface area contributed by atoms with Crippen LogP contribution in [0.15, 0.2) is 12.2 Å². The van der Waals surface area contributed by atoms with Gasteiger partial charge in [-0.25, -0.2) is 0 Å². The second-order valence-corrected chi connectivity index (χ2v) is 6.59. The molecule has 4 bridgehead atoms. The number of hydrogen-bond donors (Lipinski definition) is 2. The zero-order chi connectivity index (χ0) is 14.5. The largest absolute Gasteiger partial charge is 0.396 e. The highest BCUT2D eigenvalue weighted by Gasteiger charge is 2.57. The average Bonchev–Trinajstić information content (AvgIpc) is 3.26. The molecule has 2 nitrogen and oxygen atoms in total. The molecule has 0 spiro atoms. The molecule has 6 unspecified atom stereocenters. The third-order valence-electron chi connectivity index (χ3n) is 5.75. The Hall–Kier alpha value is -0.340. The van der Waals surface area contributed by atoms with Crippen molar-refractivity contribution < 1.29 is 10.2 Å². The van der Waals surface area contributed by atoms with Crippen LogP contribution in [0.4, 0.5) is 0 Å². The molecular formula is C18H32O2. The van der Waals surface area contributed by atoms with Crippen LogP contribution in [-0.4, -0.2) is 23.4 Å². The van der Waals surface area contributed by atoms with E-state index < -0.39 is 0 Å². The number of aliphatic hydroxyl groups excluding tert-OH is 2. The molecule has 0 aromatic rings. The third-order valence-corrected chi connectivity index (χ3v) is 5.75. The summed E-state index contributed by atoms with van der Waals surface area (Å²) in [6.45, 7) is 4.39. The minimum absolute atomic E-state index is 0.195. The predicted octanol–water partition coefficient (Wildman–Crippen LogP) is 3.63. The summed E-state index contributed by atoms with van der Waals surface area (Å²) in [4.78, 5) is 0. The van der Waals surface area contributed by atoms with E-state index in [4.69, 9.17) is 10.2 Å². The molecule has 4 aliphatic carbocycles. The summed E-state index contributed by atoms with van der Waals surface area (Å²) in [5.74, 6) is 6.66. The minimum atomic E-state index is 0.195. The molecule has 0 heterocycles. The highest BCUT2D eigenvalue weighted by molar-refractivity contribution is 5.19. The van der Waals surface area contributed by atoms with E-state index in [-0.39, 0.29) is 13.2 Å². The molecular weight excluding hydrogens is 248 g/mol. The lowest BCUT2D eigenvalue weighted by atomic mass is 9.73. The molecule has 0 amide bonds. The Morgan fingerprint density at radius 2 is 1.25 bits per heavy atom. The molecule has 116 valence electrons. The Morgan fingerprint density at radius 1 is 0.800 bits per heavy atom. The first-order chi connectivity index (χ1) is 9.85. The topological polar surface area (TPSA) is 40.5 Å². The molecule has 6 atom stereocenters. The fourth-order valence-electron chi connectivity index (χ4n) is 5.20. The molecule has 4 rings (SSSR count). The summed E-state index contributed by atoms with van der Waals surface area (Å²) in [7, 11) is 0. The van der Waals surface area contributed by atoms with Crippen LogP contribution in [0.25, 0.3) is 0 Å². The van der Waals surface area contributed by atoms with Gasteiger partial charge in [0.05, 0.1) is 0 Å². The molecule has 20 heavy (non-hydrogen) atoms. The van der Waals surface area contributed by atoms with E-state index in [1.165, 1.54) is 6.42 Å². The maximum atomic E-state index is 8.09. The Balaban J connectivity index is 0.000000160. The minimum Gasteiger partial charge on any atom is -0.396 e. The van der Waals surface area contributed by atoms with Gasteiger partial charge in [-0.15, -0.1) is 0 Å². The van der Waals surface area contributed by atoms with Gasteiger partial charge in [-0.3, -0.25) is 0 Å². The summed E-state index contributed by atoms with van der Waals surface area (Å²) in [6.07, 6.45) is 12.8. The Bertz CT molecular complexity index is 285. The zero-order valence-electron chi connectivity index (χ0n) is 13.2. The molecule has 4 aliphatic rings. The lowest BCUT2D eigenvalue weighted by molar-refractivity contribution is 0.206. The highest BCUT2D eigenvalue weighted by Crippen LogP contribution is 2.65. The van der Waals surface area contributed by atoms with Gasteiger partial charge >= 0.3 is 0 Å². The summed E-state index contributed by atoms with van der Waals surface area (Å²) in [5.41, 5.74) is 0. The van der Waals surface area contributed by atoms with Crippen LogP contribution in [0.1, 0.15) is 52.4 Å². The van der Waals surface area contributed by atoms with Crippen molar-refractivity contribution in [2.24, 2.45) is 35.5 Å². The van der Waals surface area contributed by atoms with Crippen LogP contribution in [-0.2, 0) is 0 Å². The molecule has 3 saturated carbocycles. The summed E-state index contributed by atoms with van der Waals surface area (Å²) < 4.78 is 0. The standard InChI is InChI=1S/C12H16.C4H10O2.C2H6/c1-2-8-5-7(1)11-9-3-4-10(6-9)12(8)11;5-3-1-2-4-6;1-2/h1-2,7-12H,3-6H2;5-6H,1-4H2;1-2H3. The van der Waals surface area contributed by atoms with Crippen LogP contribution in [0.5, 0.6) is 0 Å². The first kappa shape index (κ1) is 16.0. The molecule has 0 aliphatic heterocycles. The second kappa shape index (κ2) is 7.61. The molecule has 3 fully saturated rings. The van der Waals surface area contributed by atoms with Crippen molar-refractivity contribution in [1.29, 1.82) is 0 Å². The van der Waals surface area contributed by atoms with Gasteiger partial charge in [0.25, 0.3) is 0 Å². The van der Waals surface area contributed by atoms with E-state index in [2.05, 4.69) is 12.2 Å². The number of rotatable bonds is 3. The maximum absolute atomic E-state index is 8.09. The third kappa shape index (κ3) is 2.96. The predicted molar refractivity (Wildman–Crippen MR) is 83.3 cm³/mol. The summed E-state index contributed by atoms with van der Waals surface area (Å²) in [5, 5.41) is 16.2. The molecule has 0 saturated heterocycles. The van der Waals surface area contributed by atoms with Crippen LogP contribution in [0, 0.1) is 35.5 Å². The van der Waals surface area contributed by atoms with Crippen LogP contribution in [0.2, 0.25) is 0 Å². The van der Waals surface area contributed by atoms with Crippen molar-refractivity contribution in [3.63, 3.8) is 0 Å². The molecule has 2 heteroatoms. The fraction of sp³-hybridized carbons (Fsp3) is 0.889. The van der Waals surface area contributed by atoms with Gasteiger partial charge < -0.3 is 10.2 Å². The number of fused-ring (bicyclic) bond motifs is 9. The van der Waals surface area contributed by atoms with Gasteiger partial charge in [0, 0.05) is 13.2 Å². The van der Waals surface area contributed by atoms with Gasteiger partial charge in [0.1, 0.15) is 0 Å². The SMILES string of the molecule is C1=CC2CC1C1C3CCC(C3)C21.CC.OCCCCO. The normalized spacial score (nSPS) is 41.8. The van der Waals surface area contributed by atoms with Crippen molar-refractivity contribution in [3.8, 4) is 0 Å². The smallest absolute Gasteiger partial charge is 0.0431 e. The monoisotopic (exact) mass is 280 g/mol. The van der Waals surface area contributed by atoms with Crippen LogP contribution >= 0.6 is 0 Å². The molecule has 0 radical (unpaired) electrons. The zero-order valence-corrected chi connectivity index (χ0v) is 13.2. The molecule has 0 aromatic heterocycles. The first-order valence-corrected chi connectivity index (χ1v) is 8.75. The Labute approximate surface area is 124 Å².